The number of carbonyl (C=O) groups is 2. The smallest absolute Gasteiger partial charge is 0.410 e. The predicted octanol–water partition coefficient (Wildman–Crippen LogP) is 2.35. The maximum atomic E-state index is 11.9. The van der Waals surface area contributed by atoms with Crippen molar-refractivity contribution in [3.8, 4) is 0 Å². The van der Waals surface area contributed by atoms with Gasteiger partial charge >= 0.3 is 12.1 Å². The molecule has 0 saturated carbocycles. The molecule has 1 amide bonds. The number of likely N-dealkylation sites (tertiary alicyclic amines) is 1. The summed E-state index contributed by atoms with van der Waals surface area (Å²) in [7, 11) is 0. The van der Waals surface area contributed by atoms with Crippen LogP contribution in [0.1, 0.15) is 40.5 Å². The van der Waals surface area contributed by atoms with E-state index in [0.717, 1.165) is 12.8 Å². The summed E-state index contributed by atoms with van der Waals surface area (Å²) in [5, 5.41) is 9.32. The Morgan fingerprint density at radius 1 is 1.44 bits per heavy atom. The summed E-state index contributed by atoms with van der Waals surface area (Å²) in [4.78, 5) is 24.7. The van der Waals surface area contributed by atoms with Crippen LogP contribution in [0.2, 0.25) is 0 Å². The lowest BCUT2D eigenvalue weighted by atomic mass is 9.76. The van der Waals surface area contributed by atoms with E-state index >= 15 is 0 Å². The number of hydrogen-bond acceptors (Lipinski definition) is 3. The van der Waals surface area contributed by atoms with E-state index in [-0.39, 0.29) is 5.92 Å². The average Bonchev–Trinajstić information content (AvgIpc) is 2.23. The van der Waals surface area contributed by atoms with Crippen LogP contribution >= 0.6 is 0 Å². The summed E-state index contributed by atoms with van der Waals surface area (Å²) in [5.41, 5.74) is -0.416. The van der Waals surface area contributed by atoms with E-state index in [9.17, 15) is 14.7 Å². The molecule has 104 valence electrons. The lowest BCUT2D eigenvalue weighted by Gasteiger charge is -2.43. The monoisotopic (exact) mass is 257 g/mol. The van der Waals surface area contributed by atoms with E-state index in [1.807, 2.05) is 27.7 Å². The molecule has 1 N–H and O–H groups in total. The molecule has 1 aliphatic rings. The molecule has 0 radical (unpaired) electrons. The Morgan fingerprint density at radius 2 is 2.06 bits per heavy atom. The zero-order valence-corrected chi connectivity index (χ0v) is 11.6. The molecule has 1 heterocycles. The van der Waals surface area contributed by atoms with Gasteiger partial charge in [-0.25, -0.2) is 9.59 Å². The van der Waals surface area contributed by atoms with Gasteiger partial charge in [0.05, 0.1) is 6.61 Å². The Bertz CT molecular complexity index is 325. The lowest BCUT2D eigenvalue weighted by Crippen LogP contribution is -2.56. The van der Waals surface area contributed by atoms with Crippen molar-refractivity contribution in [3.05, 3.63) is 0 Å². The molecule has 1 saturated heterocycles. The maximum Gasteiger partial charge on any atom is 0.410 e. The van der Waals surface area contributed by atoms with Gasteiger partial charge in [0, 0.05) is 6.54 Å². The number of nitrogens with zero attached hydrogens (tertiary/aromatic N) is 1. The van der Waals surface area contributed by atoms with Gasteiger partial charge in [-0.05, 0) is 24.2 Å². The number of piperidine rings is 1. The minimum atomic E-state index is -0.957. The molecule has 5 nitrogen and oxygen atoms in total. The van der Waals surface area contributed by atoms with Crippen LogP contribution in [0.15, 0.2) is 0 Å². The second-order valence-electron chi connectivity index (χ2n) is 6.00. The number of carboxylic acids is 1. The molecule has 1 rings (SSSR count). The Morgan fingerprint density at radius 3 is 2.56 bits per heavy atom. The van der Waals surface area contributed by atoms with Gasteiger partial charge in [-0.2, -0.15) is 0 Å². The van der Waals surface area contributed by atoms with Gasteiger partial charge in [0.1, 0.15) is 6.04 Å². The van der Waals surface area contributed by atoms with Crippen molar-refractivity contribution in [2.75, 3.05) is 13.2 Å². The first-order valence-corrected chi connectivity index (χ1v) is 6.42. The summed E-state index contributed by atoms with van der Waals surface area (Å²) in [6, 6.07) is -0.800. The van der Waals surface area contributed by atoms with Gasteiger partial charge in [0.25, 0.3) is 0 Å². The molecular formula is C13H23NO4. The highest BCUT2D eigenvalue weighted by atomic mass is 16.6. The summed E-state index contributed by atoms with van der Waals surface area (Å²) in [5.74, 6) is -0.712. The van der Waals surface area contributed by atoms with Gasteiger partial charge in [-0.3, -0.25) is 4.90 Å². The van der Waals surface area contributed by atoms with E-state index in [1.54, 1.807) is 0 Å². The zero-order valence-electron chi connectivity index (χ0n) is 11.6. The maximum absolute atomic E-state index is 11.9. The van der Waals surface area contributed by atoms with Gasteiger partial charge in [-0.15, -0.1) is 0 Å². The fraction of sp³-hybridized carbons (Fsp3) is 0.846. The van der Waals surface area contributed by atoms with Crippen molar-refractivity contribution in [3.63, 3.8) is 0 Å². The topological polar surface area (TPSA) is 66.8 Å². The van der Waals surface area contributed by atoms with Gasteiger partial charge in [-0.1, -0.05) is 27.7 Å². The highest BCUT2D eigenvalue weighted by Gasteiger charge is 2.45. The first-order chi connectivity index (χ1) is 8.25. The molecule has 1 unspecified atom stereocenters. The fourth-order valence-electron chi connectivity index (χ4n) is 2.38. The number of hydrogen-bond donors (Lipinski definition) is 1. The third kappa shape index (κ3) is 3.37. The number of ether oxygens (including phenoxy) is 1. The molecule has 5 heteroatoms. The molecule has 1 atom stereocenters. The molecular weight excluding hydrogens is 234 g/mol. The van der Waals surface area contributed by atoms with Crippen molar-refractivity contribution < 1.29 is 19.4 Å². The summed E-state index contributed by atoms with van der Waals surface area (Å²) >= 11 is 0. The Kier molecular flexibility index (Phi) is 4.59. The third-order valence-corrected chi connectivity index (χ3v) is 3.28. The molecule has 0 aromatic heterocycles. The fourth-order valence-corrected chi connectivity index (χ4v) is 2.38. The molecule has 0 spiro atoms. The van der Waals surface area contributed by atoms with Crippen molar-refractivity contribution in [2.45, 2.75) is 46.6 Å². The van der Waals surface area contributed by atoms with Crippen LogP contribution in [0.25, 0.3) is 0 Å². The number of aliphatic carboxylic acids is 1. The third-order valence-electron chi connectivity index (χ3n) is 3.28. The number of rotatable bonds is 3. The van der Waals surface area contributed by atoms with E-state index in [0.29, 0.717) is 13.2 Å². The van der Waals surface area contributed by atoms with Crippen LogP contribution < -0.4 is 0 Å². The predicted molar refractivity (Wildman–Crippen MR) is 67.3 cm³/mol. The second-order valence-corrected chi connectivity index (χ2v) is 6.00. The lowest BCUT2D eigenvalue weighted by molar-refractivity contribution is -0.149. The molecule has 1 fully saturated rings. The van der Waals surface area contributed by atoms with Crippen molar-refractivity contribution in [1.29, 1.82) is 0 Å². The number of carboxylic acid groups (broad SMARTS) is 1. The second kappa shape index (κ2) is 5.59. The minimum Gasteiger partial charge on any atom is -0.480 e. The Balaban J connectivity index is 2.78. The van der Waals surface area contributed by atoms with Crippen molar-refractivity contribution >= 4 is 12.1 Å². The van der Waals surface area contributed by atoms with E-state index in [4.69, 9.17) is 4.74 Å². The van der Waals surface area contributed by atoms with Crippen molar-refractivity contribution in [1.82, 2.24) is 4.90 Å². The van der Waals surface area contributed by atoms with Gasteiger partial charge < -0.3 is 9.84 Å². The average molecular weight is 257 g/mol. The van der Waals surface area contributed by atoms with E-state index in [2.05, 4.69) is 0 Å². The first-order valence-electron chi connectivity index (χ1n) is 6.42. The molecule has 0 aliphatic carbocycles. The van der Waals surface area contributed by atoms with Gasteiger partial charge in [0.2, 0.25) is 0 Å². The molecule has 1 aliphatic heterocycles. The Labute approximate surface area is 108 Å². The molecule has 0 bridgehead atoms. The summed E-state index contributed by atoms with van der Waals surface area (Å²) in [6.45, 7) is 8.44. The Hall–Kier alpha value is -1.26. The van der Waals surface area contributed by atoms with Crippen LogP contribution in [0.3, 0.4) is 0 Å². The van der Waals surface area contributed by atoms with Crippen molar-refractivity contribution in [2.24, 2.45) is 11.3 Å². The number of amides is 1. The van der Waals surface area contributed by atoms with Crippen LogP contribution in [-0.4, -0.2) is 41.3 Å². The van der Waals surface area contributed by atoms with Crippen LogP contribution in [0.4, 0.5) is 4.79 Å². The zero-order chi connectivity index (χ0) is 13.9. The normalized spacial score (nSPS) is 22.9. The summed E-state index contributed by atoms with van der Waals surface area (Å²) < 4.78 is 5.14. The SMILES string of the molecule is CC(C)COC(=O)N1CCCC(C)(C)C1C(=O)O. The van der Waals surface area contributed by atoms with Crippen LogP contribution in [-0.2, 0) is 9.53 Å². The quantitative estimate of drug-likeness (QED) is 0.842. The van der Waals surface area contributed by atoms with Crippen LogP contribution in [0.5, 0.6) is 0 Å². The first kappa shape index (κ1) is 14.8. The standard InChI is InChI=1S/C13H23NO4/c1-9(2)8-18-12(17)14-7-5-6-13(3,4)10(14)11(15)16/h9-10H,5-8H2,1-4H3,(H,15,16). The molecule has 18 heavy (non-hydrogen) atoms. The highest BCUT2D eigenvalue weighted by Crippen LogP contribution is 2.35. The van der Waals surface area contributed by atoms with Crippen LogP contribution in [0, 0.1) is 11.3 Å². The summed E-state index contributed by atoms with van der Waals surface area (Å²) in [6.07, 6.45) is 1.11. The van der Waals surface area contributed by atoms with E-state index in [1.165, 1.54) is 4.90 Å². The molecule has 0 aromatic rings. The van der Waals surface area contributed by atoms with Gasteiger partial charge in [0.15, 0.2) is 0 Å². The van der Waals surface area contributed by atoms with E-state index < -0.39 is 23.5 Å². The largest absolute Gasteiger partial charge is 0.480 e. The minimum absolute atomic E-state index is 0.245. The number of carbonyl (C=O) groups excluding carboxylic acids is 1. The highest BCUT2D eigenvalue weighted by molar-refractivity contribution is 5.81. The molecule has 0 aromatic carbocycles.